The van der Waals surface area contributed by atoms with Gasteiger partial charge in [0.25, 0.3) is 5.91 Å². The number of hydrogen-bond acceptors (Lipinski definition) is 4. The lowest BCUT2D eigenvalue weighted by Crippen LogP contribution is -2.41. The molecule has 1 aromatic heterocycles. The van der Waals surface area contributed by atoms with E-state index in [2.05, 4.69) is 45.0 Å². The van der Waals surface area contributed by atoms with Crippen molar-refractivity contribution in [2.45, 2.75) is 64.3 Å². The molecular formula is C16H29N3O2S. The molecule has 0 spiro atoms. The smallest absolute Gasteiger partial charge is 0.272 e. The van der Waals surface area contributed by atoms with Crippen molar-refractivity contribution in [3.63, 3.8) is 0 Å². The standard InChI is InChI=1S/C16H29N3O2S/c1-10(2)13-8-12(18-19(13)16(4,5)6)15(21)17-11(3)14(9-20)22-7/h8,10-11,14,20H,9H2,1-7H3,(H,17,21). The van der Waals surface area contributed by atoms with Gasteiger partial charge in [0, 0.05) is 17.0 Å². The summed E-state index contributed by atoms with van der Waals surface area (Å²) in [5, 5.41) is 16.7. The Morgan fingerprint density at radius 1 is 1.41 bits per heavy atom. The highest BCUT2D eigenvalue weighted by Crippen LogP contribution is 2.23. The van der Waals surface area contributed by atoms with Gasteiger partial charge in [0.1, 0.15) is 5.69 Å². The molecule has 6 heteroatoms. The number of nitrogens with zero attached hydrogens (tertiary/aromatic N) is 2. The van der Waals surface area contributed by atoms with Gasteiger partial charge in [-0.15, -0.1) is 0 Å². The second kappa shape index (κ2) is 7.51. The predicted octanol–water partition coefficient (Wildman–Crippen LogP) is 2.60. The minimum atomic E-state index is -0.190. The Balaban J connectivity index is 3.00. The van der Waals surface area contributed by atoms with Crippen LogP contribution in [0.1, 0.15) is 63.6 Å². The summed E-state index contributed by atoms with van der Waals surface area (Å²) in [5.41, 5.74) is 1.31. The Labute approximate surface area is 137 Å². The number of nitrogens with one attached hydrogen (secondary N) is 1. The summed E-state index contributed by atoms with van der Waals surface area (Å²) in [5.74, 6) is 0.104. The number of thioether (sulfide) groups is 1. The fourth-order valence-corrected chi connectivity index (χ4v) is 2.89. The molecule has 2 N–H and O–H groups in total. The molecule has 0 bridgehead atoms. The van der Waals surface area contributed by atoms with Crippen molar-refractivity contribution in [1.29, 1.82) is 0 Å². The highest BCUT2D eigenvalue weighted by atomic mass is 32.2. The highest BCUT2D eigenvalue weighted by Gasteiger charge is 2.25. The number of aromatic nitrogens is 2. The summed E-state index contributed by atoms with van der Waals surface area (Å²) in [4.78, 5) is 12.4. The summed E-state index contributed by atoms with van der Waals surface area (Å²) >= 11 is 1.54. The van der Waals surface area contributed by atoms with Gasteiger partial charge in [-0.1, -0.05) is 13.8 Å². The molecule has 2 unspecified atom stereocenters. The van der Waals surface area contributed by atoms with Crippen molar-refractivity contribution in [2.24, 2.45) is 0 Å². The van der Waals surface area contributed by atoms with Gasteiger partial charge in [-0.25, -0.2) is 0 Å². The number of carbonyl (C=O) groups is 1. The molecule has 0 saturated heterocycles. The van der Waals surface area contributed by atoms with Crippen LogP contribution in [0.15, 0.2) is 6.07 Å². The van der Waals surface area contributed by atoms with Crippen LogP contribution in [0.25, 0.3) is 0 Å². The zero-order chi connectivity index (χ0) is 17.1. The molecule has 0 fully saturated rings. The van der Waals surface area contributed by atoms with Crippen LogP contribution in [-0.4, -0.2) is 44.9 Å². The van der Waals surface area contributed by atoms with Gasteiger partial charge in [-0.05, 0) is 45.9 Å². The first-order valence-corrected chi connectivity index (χ1v) is 8.95. The molecule has 0 aliphatic heterocycles. The van der Waals surface area contributed by atoms with Crippen molar-refractivity contribution in [3.05, 3.63) is 17.5 Å². The fourth-order valence-electron chi connectivity index (χ4n) is 2.27. The van der Waals surface area contributed by atoms with E-state index < -0.39 is 0 Å². The molecule has 1 amide bonds. The van der Waals surface area contributed by atoms with Crippen LogP contribution >= 0.6 is 11.8 Å². The summed E-state index contributed by atoms with van der Waals surface area (Å²) < 4.78 is 1.93. The number of aliphatic hydroxyl groups excluding tert-OH is 1. The van der Waals surface area contributed by atoms with Crippen LogP contribution in [0.5, 0.6) is 0 Å². The Morgan fingerprint density at radius 2 is 2.00 bits per heavy atom. The topological polar surface area (TPSA) is 67.2 Å². The van der Waals surface area contributed by atoms with E-state index in [0.29, 0.717) is 11.6 Å². The molecule has 0 aliphatic rings. The molecule has 1 rings (SSSR count). The quantitative estimate of drug-likeness (QED) is 0.843. The van der Waals surface area contributed by atoms with Gasteiger partial charge < -0.3 is 10.4 Å². The zero-order valence-electron chi connectivity index (χ0n) is 14.7. The molecule has 22 heavy (non-hydrogen) atoms. The van der Waals surface area contributed by atoms with Crippen molar-refractivity contribution >= 4 is 17.7 Å². The van der Waals surface area contributed by atoms with Crippen molar-refractivity contribution < 1.29 is 9.90 Å². The van der Waals surface area contributed by atoms with Gasteiger partial charge >= 0.3 is 0 Å². The average Bonchev–Trinajstić information content (AvgIpc) is 2.85. The SMILES string of the molecule is CSC(CO)C(C)NC(=O)c1cc(C(C)C)n(C(C)(C)C)n1. The number of hydrogen-bond donors (Lipinski definition) is 2. The molecule has 126 valence electrons. The molecule has 1 heterocycles. The zero-order valence-corrected chi connectivity index (χ0v) is 15.5. The molecule has 0 aromatic carbocycles. The predicted molar refractivity (Wildman–Crippen MR) is 92.6 cm³/mol. The van der Waals surface area contributed by atoms with Crippen LogP contribution in [0.4, 0.5) is 0 Å². The van der Waals surface area contributed by atoms with Crippen LogP contribution in [0.2, 0.25) is 0 Å². The molecule has 0 aliphatic carbocycles. The van der Waals surface area contributed by atoms with Gasteiger partial charge in [0.15, 0.2) is 0 Å². The summed E-state index contributed by atoms with van der Waals surface area (Å²) in [6.07, 6.45) is 1.93. The fraction of sp³-hybridized carbons (Fsp3) is 0.750. The summed E-state index contributed by atoms with van der Waals surface area (Å²) in [6.45, 7) is 12.4. The minimum absolute atomic E-state index is 0.0155. The molecule has 0 saturated carbocycles. The third-order valence-electron chi connectivity index (χ3n) is 3.60. The van der Waals surface area contributed by atoms with Crippen LogP contribution < -0.4 is 5.32 Å². The average molecular weight is 327 g/mol. The van der Waals surface area contributed by atoms with Crippen LogP contribution in [0.3, 0.4) is 0 Å². The lowest BCUT2D eigenvalue weighted by Gasteiger charge is -2.23. The molecule has 1 aromatic rings. The Morgan fingerprint density at radius 3 is 2.36 bits per heavy atom. The maximum atomic E-state index is 12.4. The maximum Gasteiger partial charge on any atom is 0.272 e. The Hall–Kier alpha value is -1.01. The third-order valence-corrected chi connectivity index (χ3v) is 4.76. The molecule has 5 nitrogen and oxygen atoms in total. The first-order valence-electron chi connectivity index (χ1n) is 7.66. The molecular weight excluding hydrogens is 298 g/mol. The lowest BCUT2D eigenvalue weighted by molar-refractivity contribution is 0.0929. The maximum absolute atomic E-state index is 12.4. The van der Waals surface area contributed by atoms with E-state index in [1.54, 1.807) is 11.8 Å². The van der Waals surface area contributed by atoms with Gasteiger partial charge in [-0.3, -0.25) is 9.48 Å². The van der Waals surface area contributed by atoms with Crippen molar-refractivity contribution in [2.75, 3.05) is 12.9 Å². The first kappa shape index (κ1) is 19.0. The van der Waals surface area contributed by atoms with E-state index in [9.17, 15) is 9.90 Å². The third kappa shape index (κ3) is 4.49. The van der Waals surface area contributed by atoms with E-state index >= 15 is 0 Å². The summed E-state index contributed by atoms with van der Waals surface area (Å²) in [6, 6.07) is 1.75. The molecule has 2 atom stereocenters. The van der Waals surface area contributed by atoms with Crippen molar-refractivity contribution in [3.8, 4) is 0 Å². The van der Waals surface area contributed by atoms with E-state index in [1.165, 1.54) is 0 Å². The van der Waals surface area contributed by atoms with Gasteiger partial charge in [0.05, 0.1) is 12.1 Å². The monoisotopic (exact) mass is 327 g/mol. The van der Waals surface area contributed by atoms with E-state index in [-0.39, 0.29) is 29.3 Å². The first-order chi connectivity index (χ1) is 10.1. The highest BCUT2D eigenvalue weighted by molar-refractivity contribution is 7.99. The van der Waals surface area contributed by atoms with Gasteiger partial charge in [-0.2, -0.15) is 16.9 Å². The minimum Gasteiger partial charge on any atom is -0.395 e. The normalized spacial score (nSPS) is 15.0. The van der Waals surface area contributed by atoms with E-state index in [4.69, 9.17) is 0 Å². The Kier molecular flexibility index (Phi) is 6.50. The second-order valence-electron chi connectivity index (χ2n) is 6.91. The van der Waals surface area contributed by atoms with Crippen molar-refractivity contribution in [1.82, 2.24) is 15.1 Å². The summed E-state index contributed by atoms with van der Waals surface area (Å²) in [7, 11) is 0. The van der Waals surface area contributed by atoms with Crippen LogP contribution in [0, 0.1) is 0 Å². The largest absolute Gasteiger partial charge is 0.395 e. The lowest BCUT2D eigenvalue weighted by atomic mass is 10.1. The Bertz CT molecular complexity index is 502. The van der Waals surface area contributed by atoms with E-state index in [0.717, 1.165) is 5.69 Å². The molecule has 0 radical (unpaired) electrons. The number of carbonyl (C=O) groups excluding carboxylic acids is 1. The van der Waals surface area contributed by atoms with Crippen LogP contribution in [-0.2, 0) is 5.54 Å². The number of rotatable bonds is 6. The van der Waals surface area contributed by atoms with E-state index in [1.807, 2.05) is 23.9 Å². The number of amides is 1. The number of aliphatic hydroxyl groups is 1. The second-order valence-corrected chi connectivity index (χ2v) is 7.99. The van der Waals surface area contributed by atoms with Gasteiger partial charge in [0.2, 0.25) is 0 Å².